The molecule has 0 aliphatic carbocycles. The molecule has 0 atom stereocenters. The number of methoxy groups -OCH3 is 1. The zero-order valence-electron chi connectivity index (χ0n) is 17.7. The lowest BCUT2D eigenvalue weighted by Crippen LogP contribution is -2.46. The summed E-state index contributed by atoms with van der Waals surface area (Å²) in [7, 11) is 7.40. The maximum Gasteiger partial charge on any atom is 0.193 e. The third-order valence-electron chi connectivity index (χ3n) is 4.85. The first kappa shape index (κ1) is 22.6. The lowest BCUT2D eigenvalue weighted by molar-refractivity contribution is 0.00989. The van der Waals surface area contributed by atoms with Crippen LogP contribution in [-0.2, 0) is 22.6 Å². The lowest BCUT2D eigenvalue weighted by atomic mass is 10.1. The zero-order valence-corrected chi connectivity index (χ0v) is 17.7. The molecule has 0 amide bonds. The summed E-state index contributed by atoms with van der Waals surface area (Å²) in [5.74, 6) is 0.728. The van der Waals surface area contributed by atoms with Gasteiger partial charge in [-0.05, 0) is 51.1 Å². The Kier molecular flexibility index (Phi) is 9.67. The van der Waals surface area contributed by atoms with Gasteiger partial charge < -0.3 is 24.6 Å². The van der Waals surface area contributed by atoms with Gasteiger partial charge >= 0.3 is 0 Å². The molecule has 1 aliphatic rings. The van der Waals surface area contributed by atoms with Gasteiger partial charge in [-0.1, -0.05) is 6.07 Å². The number of nitrogens with one attached hydrogen (secondary N) is 1. The Morgan fingerprint density at radius 3 is 2.68 bits per heavy atom. The van der Waals surface area contributed by atoms with Crippen molar-refractivity contribution in [3.63, 3.8) is 0 Å². The highest BCUT2D eigenvalue weighted by molar-refractivity contribution is 5.79. The number of aliphatic imine (C=N–C) groups is 1. The van der Waals surface area contributed by atoms with E-state index in [1.165, 1.54) is 0 Å². The molecule has 1 aliphatic heterocycles. The van der Waals surface area contributed by atoms with E-state index < -0.39 is 0 Å². The van der Waals surface area contributed by atoms with Gasteiger partial charge in [-0.2, -0.15) is 0 Å². The van der Waals surface area contributed by atoms with E-state index in [9.17, 15) is 4.39 Å². The van der Waals surface area contributed by atoms with Crippen LogP contribution in [-0.4, -0.2) is 76.4 Å². The second-order valence-corrected chi connectivity index (χ2v) is 7.47. The van der Waals surface area contributed by atoms with E-state index in [1.807, 2.05) is 31.1 Å². The summed E-state index contributed by atoms with van der Waals surface area (Å²) in [4.78, 5) is 8.65. The summed E-state index contributed by atoms with van der Waals surface area (Å²) in [5, 5.41) is 3.41. The molecule has 1 fully saturated rings. The van der Waals surface area contributed by atoms with E-state index in [4.69, 9.17) is 9.47 Å². The first-order chi connectivity index (χ1) is 13.5. The van der Waals surface area contributed by atoms with E-state index in [1.54, 1.807) is 20.2 Å². The third-order valence-corrected chi connectivity index (χ3v) is 4.85. The van der Waals surface area contributed by atoms with Crippen molar-refractivity contribution in [1.29, 1.82) is 0 Å². The fourth-order valence-electron chi connectivity index (χ4n) is 3.40. The fraction of sp³-hybridized carbons (Fsp3) is 0.667. The molecule has 0 saturated carbocycles. The van der Waals surface area contributed by atoms with E-state index in [2.05, 4.69) is 15.2 Å². The van der Waals surface area contributed by atoms with Crippen LogP contribution in [0.15, 0.2) is 23.2 Å². The van der Waals surface area contributed by atoms with Gasteiger partial charge in [0.1, 0.15) is 5.82 Å². The smallest absolute Gasteiger partial charge is 0.193 e. The second-order valence-electron chi connectivity index (χ2n) is 7.47. The quantitative estimate of drug-likeness (QED) is 0.396. The number of benzene rings is 1. The van der Waals surface area contributed by atoms with Gasteiger partial charge in [0.25, 0.3) is 0 Å². The zero-order chi connectivity index (χ0) is 20.4. The summed E-state index contributed by atoms with van der Waals surface area (Å²) in [5.41, 5.74) is 1.77. The van der Waals surface area contributed by atoms with Gasteiger partial charge in [0.15, 0.2) is 5.96 Å². The molecular weight excluding hydrogens is 359 g/mol. The first-order valence-corrected chi connectivity index (χ1v) is 10.0. The van der Waals surface area contributed by atoms with Crippen LogP contribution in [0, 0.1) is 5.82 Å². The molecule has 0 spiro atoms. The summed E-state index contributed by atoms with van der Waals surface area (Å²) < 4.78 is 24.9. The highest BCUT2D eigenvalue weighted by atomic mass is 19.1. The molecule has 1 saturated heterocycles. The molecule has 0 bridgehead atoms. The van der Waals surface area contributed by atoms with E-state index >= 15 is 0 Å². The minimum absolute atomic E-state index is 0.158. The summed E-state index contributed by atoms with van der Waals surface area (Å²) in [6.07, 6.45) is 3.25. The predicted octanol–water partition coefficient (Wildman–Crippen LogP) is 2.48. The third kappa shape index (κ3) is 7.37. The number of rotatable bonds is 9. The highest BCUT2D eigenvalue weighted by Gasteiger charge is 2.21. The van der Waals surface area contributed by atoms with Gasteiger partial charge in [0.2, 0.25) is 0 Å². The van der Waals surface area contributed by atoms with Crippen LogP contribution < -0.4 is 5.32 Å². The molecule has 2 rings (SSSR count). The van der Waals surface area contributed by atoms with Crippen molar-refractivity contribution >= 4 is 5.96 Å². The van der Waals surface area contributed by atoms with Crippen LogP contribution in [0.25, 0.3) is 0 Å². The fourth-order valence-corrected chi connectivity index (χ4v) is 3.40. The van der Waals surface area contributed by atoms with Gasteiger partial charge in [0.05, 0.1) is 6.10 Å². The molecule has 0 radical (unpaired) electrons. The molecule has 7 heteroatoms. The largest absolute Gasteiger partial charge is 0.385 e. The molecule has 1 aromatic carbocycles. The van der Waals surface area contributed by atoms with Crippen LogP contribution in [0.5, 0.6) is 0 Å². The molecule has 1 N–H and O–H groups in total. The Balaban J connectivity index is 1.80. The number of ether oxygens (including phenoxy) is 2. The van der Waals surface area contributed by atoms with Crippen molar-refractivity contribution in [1.82, 2.24) is 15.1 Å². The molecule has 0 aromatic heterocycles. The van der Waals surface area contributed by atoms with Gasteiger partial charge in [-0.25, -0.2) is 4.39 Å². The Hall–Kier alpha value is -1.70. The van der Waals surface area contributed by atoms with E-state index in [0.717, 1.165) is 57.1 Å². The number of halogens is 1. The average molecular weight is 395 g/mol. The molecule has 158 valence electrons. The van der Waals surface area contributed by atoms with Gasteiger partial charge in [-0.15, -0.1) is 0 Å². The van der Waals surface area contributed by atoms with Crippen molar-refractivity contribution in [2.24, 2.45) is 4.99 Å². The molecule has 6 nitrogen and oxygen atoms in total. The van der Waals surface area contributed by atoms with Gasteiger partial charge in [0, 0.05) is 59.1 Å². The van der Waals surface area contributed by atoms with Gasteiger partial charge in [-0.3, -0.25) is 4.99 Å². The number of nitrogens with zero attached hydrogens (tertiary/aromatic N) is 3. The van der Waals surface area contributed by atoms with Crippen molar-refractivity contribution in [2.45, 2.75) is 38.5 Å². The maximum atomic E-state index is 14.0. The number of likely N-dealkylation sites (tertiary alicyclic amines) is 1. The van der Waals surface area contributed by atoms with Crippen LogP contribution in [0.3, 0.4) is 0 Å². The maximum absolute atomic E-state index is 14.0. The molecular formula is C21H35FN4O2. The van der Waals surface area contributed by atoms with Crippen LogP contribution in [0.2, 0.25) is 0 Å². The van der Waals surface area contributed by atoms with Crippen molar-refractivity contribution in [3.05, 3.63) is 35.1 Å². The average Bonchev–Trinajstić information content (AvgIpc) is 2.68. The number of hydrogen-bond acceptors (Lipinski definition) is 4. The Morgan fingerprint density at radius 2 is 2.04 bits per heavy atom. The molecule has 1 heterocycles. The molecule has 1 aromatic rings. The van der Waals surface area contributed by atoms with Crippen molar-refractivity contribution in [3.8, 4) is 0 Å². The SMILES string of the molecule is CN=C(NCc1ccc(F)c(CN(C)C)c1)N1CCC(OCCCOC)CC1. The molecule has 28 heavy (non-hydrogen) atoms. The molecule has 0 unspecified atom stereocenters. The number of guanidine groups is 1. The predicted molar refractivity (Wildman–Crippen MR) is 111 cm³/mol. The van der Waals surface area contributed by atoms with E-state index in [-0.39, 0.29) is 5.82 Å². The van der Waals surface area contributed by atoms with Crippen LogP contribution in [0.1, 0.15) is 30.4 Å². The number of hydrogen-bond donors (Lipinski definition) is 1. The van der Waals surface area contributed by atoms with Crippen molar-refractivity contribution < 1.29 is 13.9 Å². The van der Waals surface area contributed by atoms with Crippen molar-refractivity contribution in [2.75, 3.05) is 54.6 Å². The van der Waals surface area contributed by atoms with Crippen LogP contribution >= 0.6 is 0 Å². The lowest BCUT2D eigenvalue weighted by Gasteiger charge is -2.34. The minimum atomic E-state index is -0.158. The Bertz CT molecular complexity index is 616. The second kappa shape index (κ2) is 12.0. The topological polar surface area (TPSA) is 49.3 Å². The summed E-state index contributed by atoms with van der Waals surface area (Å²) in [6.45, 7) is 4.56. The first-order valence-electron chi connectivity index (χ1n) is 10.0. The Labute approximate surface area is 168 Å². The summed E-state index contributed by atoms with van der Waals surface area (Å²) >= 11 is 0. The Morgan fingerprint density at radius 1 is 1.29 bits per heavy atom. The monoisotopic (exact) mass is 394 g/mol. The minimum Gasteiger partial charge on any atom is -0.385 e. The normalized spacial score (nSPS) is 16.1. The standard InChI is InChI=1S/C21H35FN4O2/c1-23-21(26-10-8-19(9-11-26)28-13-5-12-27-4)24-15-17-6-7-20(22)18(14-17)16-25(2)3/h6-7,14,19H,5,8-13,15-16H2,1-4H3,(H,23,24). The highest BCUT2D eigenvalue weighted by Crippen LogP contribution is 2.15. The van der Waals surface area contributed by atoms with E-state index in [0.29, 0.717) is 24.8 Å². The van der Waals surface area contributed by atoms with Crippen LogP contribution in [0.4, 0.5) is 4.39 Å². The number of piperidine rings is 1. The summed E-state index contributed by atoms with van der Waals surface area (Å²) in [6, 6.07) is 5.30.